The summed E-state index contributed by atoms with van der Waals surface area (Å²) in [5.41, 5.74) is 1.53. The first-order valence-electron chi connectivity index (χ1n) is 5.76. The van der Waals surface area contributed by atoms with Crippen LogP contribution in [0.15, 0.2) is 11.6 Å². The van der Waals surface area contributed by atoms with E-state index in [0.29, 0.717) is 22.7 Å². The number of rotatable bonds is 4. The monoisotopic (exact) mass is 278 g/mol. The fourth-order valence-corrected chi connectivity index (χ4v) is 2.31. The Bertz CT molecular complexity index is 610. The van der Waals surface area contributed by atoms with Gasteiger partial charge in [0.05, 0.1) is 17.0 Å². The molecule has 0 aliphatic rings. The van der Waals surface area contributed by atoms with Crippen LogP contribution in [-0.2, 0) is 0 Å². The Balaban J connectivity index is 2.19. The van der Waals surface area contributed by atoms with E-state index in [4.69, 9.17) is 5.11 Å². The number of hydrogen-bond acceptors (Lipinski definition) is 6. The molecule has 19 heavy (non-hydrogen) atoms. The summed E-state index contributed by atoms with van der Waals surface area (Å²) in [4.78, 5) is 23.3. The van der Waals surface area contributed by atoms with E-state index < -0.39 is 5.97 Å². The third kappa shape index (κ3) is 3.05. The maximum Gasteiger partial charge on any atom is 0.339 e. The summed E-state index contributed by atoms with van der Waals surface area (Å²) in [7, 11) is 0. The molecule has 2 rings (SSSR count). The van der Waals surface area contributed by atoms with Gasteiger partial charge in [0, 0.05) is 11.6 Å². The van der Waals surface area contributed by atoms with Gasteiger partial charge < -0.3 is 10.4 Å². The maximum atomic E-state index is 10.9. The zero-order chi connectivity index (χ0) is 14.0. The van der Waals surface area contributed by atoms with Crippen LogP contribution in [0.25, 0.3) is 0 Å². The summed E-state index contributed by atoms with van der Waals surface area (Å²) < 4.78 is 0. The molecular formula is C12H14N4O2S. The first-order chi connectivity index (χ1) is 8.97. The van der Waals surface area contributed by atoms with Crippen molar-refractivity contribution >= 4 is 28.4 Å². The van der Waals surface area contributed by atoms with Crippen LogP contribution in [0.4, 0.5) is 11.1 Å². The number of thiazole rings is 1. The highest BCUT2D eigenvalue weighted by atomic mass is 32.1. The van der Waals surface area contributed by atoms with E-state index in [2.05, 4.69) is 34.1 Å². The van der Waals surface area contributed by atoms with Crippen molar-refractivity contribution in [2.75, 3.05) is 5.32 Å². The normalized spacial score (nSPS) is 10.7. The Hall–Kier alpha value is -2.02. The van der Waals surface area contributed by atoms with Gasteiger partial charge in [0.25, 0.3) is 0 Å². The number of carboxylic acid groups (broad SMARTS) is 1. The Morgan fingerprint density at radius 2 is 2.16 bits per heavy atom. The Morgan fingerprint density at radius 3 is 2.68 bits per heavy atom. The zero-order valence-electron chi connectivity index (χ0n) is 10.8. The lowest BCUT2D eigenvalue weighted by Gasteiger charge is -2.04. The minimum atomic E-state index is -1.03. The molecule has 0 atom stereocenters. The molecule has 2 N–H and O–H groups in total. The van der Waals surface area contributed by atoms with Crippen molar-refractivity contribution in [3.8, 4) is 0 Å². The first kappa shape index (κ1) is 13.4. The Kier molecular flexibility index (Phi) is 3.75. The number of anilines is 2. The van der Waals surface area contributed by atoms with Crippen LogP contribution in [0.3, 0.4) is 0 Å². The molecule has 2 aromatic heterocycles. The largest absolute Gasteiger partial charge is 0.478 e. The molecule has 0 spiro atoms. The molecule has 0 aliphatic heterocycles. The molecule has 0 fully saturated rings. The fourth-order valence-electron chi connectivity index (χ4n) is 1.44. The highest BCUT2D eigenvalue weighted by molar-refractivity contribution is 7.13. The number of aromatic nitrogens is 3. The maximum absolute atomic E-state index is 10.9. The van der Waals surface area contributed by atoms with Crippen LogP contribution in [0.1, 0.15) is 41.5 Å². The number of carbonyl (C=O) groups is 1. The minimum Gasteiger partial charge on any atom is -0.478 e. The number of hydrogen-bond donors (Lipinski definition) is 2. The number of nitrogens with zero attached hydrogens (tertiary/aromatic N) is 3. The van der Waals surface area contributed by atoms with Gasteiger partial charge in [0.1, 0.15) is 0 Å². The summed E-state index contributed by atoms with van der Waals surface area (Å²) in [6, 6.07) is 0. The summed E-state index contributed by atoms with van der Waals surface area (Å²) in [5, 5.41) is 14.6. The molecule has 2 aromatic rings. The number of carboxylic acids is 1. The number of aromatic carboxylic acids is 1. The summed E-state index contributed by atoms with van der Waals surface area (Å²) >= 11 is 1.47. The fraction of sp³-hybridized carbons (Fsp3) is 0.333. The molecule has 0 amide bonds. The molecule has 2 heterocycles. The van der Waals surface area contributed by atoms with Crippen molar-refractivity contribution in [3.63, 3.8) is 0 Å². The van der Waals surface area contributed by atoms with E-state index in [1.54, 1.807) is 6.92 Å². The molecule has 0 aliphatic carbocycles. The second kappa shape index (κ2) is 5.31. The van der Waals surface area contributed by atoms with Gasteiger partial charge in [-0.1, -0.05) is 13.8 Å². The van der Waals surface area contributed by atoms with Crippen molar-refractivity contribution in [3.05, 3.63) is 28.5 Å². The van der Waals surface area contributed by atoms with Gasteiger partial charge in [-0.05, 0) is 12.8 Å². The quantitative estimate of drug-likeness (QED) is 0.894. The lowest BCUT2D eigenvalue weighted by atomic mass is 10.2. The van der Waals surface area contributed by atoms with Gasteiger partial charge in [-0.15, -0.1) is 11.3 Å². The Labute approximate surface area is 114 Å². The molecule has 0 saturated carbocycles. The smallest absolute Gasteiger partial charge is 0.339 e. The van der Waals surface area contributed by atoms with Crippen molar-refractivity contribution in [2.45, 2.75) is 26.7 Å². The standard InChI is InChI=1S/C12H14N4O2S/c1-6(2)9-5-19-12(15-9)16-11-13-4-8(10(17)18)7(3)14-11/h4-6H,1-3H3,(H,17,18)(H,13,14,15,16). The van der Waals surface area contributed by atoms with E-state index in [9.17, 15) is 4.79 Å². The van der Waals surface area contributed by atoms with Gasteiger partial charge in [-0.2, -0.15) is 0 Å². The second-order valence-corrected chi connectivity index (χ2v) is 5.21. The van der Waals surface area contributed by atoms with Crippen molar-refractivity contribution in [1.82, 2.24) is 15.0 Å². The average Bonchev–Trinajstić information content (AvgIpc) is 2.77. The molecule has 0 unspecified atom stereocenters. The van der Waals surface area contributed by atoms with E-state index in [1.807, 2.05) is 5.38 Å². The van der Waals surface area contributed by atoms with Gasteiger partial charge in [-0.3, -0.25) is 0 Å². The van der Waals surface area contributed by atoms with Crippen molar-refractivity contribution < 1.29 is 9.90 Å². The molecular weight excluding hydrogens is 264 g/mol. The van der Waals surface area contributed by atoms with Crippen molar-refractivity contribution in [1.29, 1.82) is 0 Å². The number of nitrogens with one attached hydrogen (secondary N) is 1. The molecule has 0 bridgehead atoms. The first-order valence-corrected chi connectivity index (χ1v) is 6.64. The lowest BCUT2D eigenvalue weighted by Crippen LogP contribution is -2.06. The van der Waals surface area contributed by atoms with E-state index in [1.165, 1.54) is 17.5 Å². The number of aryl methyl sites for hydroxylation is 1. The molecule has 7 heteroatoms. The van der Waals surface area contributed by atoms with Crippen LogP contribution in [0.2, 0.25) is 0 Å². The lowest BCUT2D eigenvalue weighted by molar-refractivity contribution is 0.0695. The molecule has 6 nitrogen and oxygen atoms in total. The molecule has 100 valence electrons. The highest BCUT2D eigenvalue weighted by Crippen LogP contribution is 2.23. The van der Waals surface area contributed by atoms with Crippen LogP contribution in [0, 0.1) is 6.92 Å². The van der Waals surface area contributed by atoms with Crippen LogP contribution in [-0.4, -0.2) is 26.0 Å². The van der Waals surface area contributed by atoms with Crippen LogP contribution < -0.4 is 5.32 Å². The van der Waals surface area contributed by atoms with E-state index in [-0.39, 0.29) is 5.56 Å². The summed E-state index contributed by atoms with van der Waals surface area (Å²) in [6.07, 6.45) is 1.30. The summed E-state index contributed by atoms with van der Waals surface area (Å²) in [6.45, 7) is 5.78. The van der Waals surface area contributed by atoms with E-state index >= 15 is 0 Å². The third-order valence-electron chi connectivity index (χ3n) is 2.54. The van der Waals surface area contributed by atoms with Gasteiger partial charge in [0.15, 0.2) is 5.13 Å². The zero-order valence-corrected chi connectivity index (χ0v) is 11.7. The third-order valence-corrected chi connectivity index (χ3v) is 3.32. The minimum absolute atomic E-state index is 0.104. The Morgan fingerprint density at radius 1 is 1.42 bits per heavy atom. The van der Waals surface area contributed by atoms with Crippen LogP contribution >= 0.6 is 11.3 Å². The predicted molar refractivity (Wildman–Crippen MR) is 73.2 cm³/mol. The average molecular weight is 278 g/mol. The van der Waals surface area contributed by atoms with Gasteiger partial charge in [-0.25, -0.2) is 19.7 Å². The van der Waals surface area contributed by atoms with Gasteiger partial charge in [0.2, 0.25) is 5.95 Å². The SMILES string of the molecule is Cc1nc(Nc2nc(C(C)C)cs2)ncc1C(=O)O. The molecule has 0 saturated heterocycles. The topological polar surface area (TPSA) is 88.0 Å². The van der Waals surface area contributed by atoms with Crippen molar-refractivity contribution in [2.24, 2.45) is 0 Å². The highest BCUT2D eigenvalue weighted by Gasteiger charge is 2.11. The van der Waals surface area contributed by atoms with E-state index in [0.717, 1.165) is 5.69 Å². The second-order valence-electron chi connectivity index (χ2n) is 4.36. The van der Waals surface area contributed by atoms with Gasteiger partial charge >= 0.3 is 5.97 Å². The van der Waals surface area contributed by atoms with Crippen LogP contribution in [0.5, 0.6) is 0 Å². The molecule has 0 radical (unpaired) electrons. The molecule has 0 aromatic carbocycles. The predicted octanol–water partition coefficient (Wildman–Crippen LogP) is 2.81. The summed E-state index contributed by atoms with van der Waals surface area (Å²) in [5.74, 6) is -0.309.